The Morgan fingerprint density at radius 1 is 1.54 bits per heavy atom. The molecule has 2 amide bonds. The summed E-state index contributed by atoms with van der Waals surface area (Å²) in [5.74, 6) is 0. The summed E-state index contributed by atoms with van der Waals surface area (Å²) < 4.78 is 0. The van der Waals surface area contributed by atoms with Crippen LogP contribution in [0.1, 0.15) is 13.8 Å². The molecule has 1 aromatic rings. The second-order valence-corrected chi connectivity index (χ2v) is 3.39. The molecule has 0 aliphatic rings. The van der Waals surface area contributed by atoms with Crippen LogP contribution in [-0.4, -0.2) is 24.0 Å². The van der Waals surface area contributed by atoms with Gasteiger partial charge in [0.15, 0.2) is 0 Å². The van der Waals surface area contributed by atoms with Crippen LogP contribution in [0.5, 0.6) is 0 Å². The lowest BCUT2D eigenvalue weighted by molar-refractivity contribution is 0.217. The Morgan fingerprint density at radius 2 is 2.23 bits per heavy atom. The minimum absolute atomic E-state index is 0.0246. The predicted molar refractivity (Wildman–Crippen MR) is 56.3 cm³/mol. The maximum Gasteiger partial charge on any atom is 0.321 e. The Balaban J connectivity index is 2.49. The van der Waals surface area contributed by atoms with Gasteiger partial charge in [0.25, 0.3) is 0 Å². The van der Waals surface area contributed by atoms with Crippen LogP contribution < -0.4 is 5.32 Å². The van der Waals surface area contributed by atoms with Crippen molar-refractivity contribution in [3.05, 3.63) is 16.8 Å². The fourth-order valence-corrected chi connectivity index (χ4v) is 1.64. The van der Waals surface area contributed by atoms with Crippen LogP contribution in [0.4, 0.5) is 10.5 Å². The number of anilines is 1. The number of hydrogen-bond acceptors (Lipinski definition) is 2. The first-order chi connectivity index (χ1) is 6.27. The minimum atomic E-state index is -0.0246. The van der Waals surface area contributed by atoms with E-state index < -0.39 is 0 Å². The molecule has 3 nitrogen and oxygen atoms in total. The van der Waals surface area contributed by atoms with Gasteiger partial charge < -0.3 is 10.2 Å². The van der Waals surface area contributed by atoms with Crippen molar-refractivity contribution in [1.82, 2.24) is 4.90 Å². The fraction of sp³-hybridized carbons (Fsp3) is 0.444. The fourth-order valence-electron chi connectivity index (χ4n) is 1.05. The van der Waals surface area contributed by atoms with E-state index >= 15 is 0 Å². The molecule has 1 rings (SSSR count). The summed E-state index contributed by atoms with van der Waals surface area (Å²) >= 11 is 1.58. The van der Waals surface area contributed by atoms with Gasteiger partial charge in [-0.2, -0.15) is 11.3 Å². The van der Waals surface area contributed by atoms with Gasteiger partial charge in [0.2, 0.25) is 0 Å². The standard InChI is InChI=1S/C9H14N2OS/c1-3-11(4-2)9(12)10-8-5-6-13-7-8/h5-7H,3-4H2,1-2H3,(H,10,12). The van der Waals surface area contributed by atoms with Gasteiger partial charge in [-0.15, -0.1) is 0 Å². The topological polar surface area (TPSA) is 32.3 Å². The molecule has 0 radical (unpaired) electrons. The predicted octanol–water partition coefficient (Wildman–Crippen LogP) is 2.62. The highest BCUT2D eigenvalue weighted by Crippen LogP contribution is 2.12. The Kier molecular flexibility index (Phi) is 3.76. The number of nitrogens with one attached hydrogen (secondary N) is 1. The van der Waals surface area contributed by atoms with E-state index in [4.69, 9.17) is 0 Å². The van der Waals surface area contributed by atoms with E-state index in [1.165, 1.54) is 0 Å². The highest BCUT2D eigenvalue weighted by atomic mass is 32.1. The zero-order valence-corrected chi connectivity index (χ0v) is 8.73. The first-order valence-electron chi connectivity index (χ1n) is 4.36. The molecule has 0 aliphatic carbocycles. The summed E-state index contributed by atoms with van der Waals surface area (Å²) in [6.45, 7) is 5.42. The van der Waals surface area contributed by atoms with Gasteiger partial charge in [0.1, 0.15) is 0 Å². The van der Waals surface area contributed by atoms with Crippen molar-refractivity contribution < 1.29 is 4.79 Å². The third-order valence-corrected chi connectivity index (χ3v) is 2.51. The molecule has 1 N–H and O–H groups in total. The minimum Gasteiger partial charge on any atom is -0.325 e. The highest BCUT2D eigenvalue weighted by Gasteiger charge is 2.08. The average Bonchev–Trinajstić information content (AvgIpc) is 2.59. The molecule has 13 heavy (non-hydrogen) atoms. The molecule has 1 aromatic heterocycles. The Morgan fingerprint density at radius 3 is 2.69 bits per heavy atom. The lowest BCUT2D eigenvalue weighted by Crippen LogP contribution is -2.34. The van der Waals surface area contributed by atoms with Crippen LogP contribution in [0.15, 0.2) is 16.8 Å². The number of nitrogens with zero attached hydrogens (tertiary/aromatic N) is 1. The number of amides is 2. The summed E-state index contributed by atoms with van der Waals surface area (Å²) in [7, 11) is 0. The Labute approximate surface area is 82.4 Å². The van der Waals surface area contributed by atoms with Gasteiger partial charge in [0.05, 0.1) is 5.69 Å². The summed E-state index contributed by atoms with van der Waals surface area (Å²) in [6.07, 6.45) is 0. The summed E-state index contributed by atoms with van der Waals surface area (Å²) in [4.78, 5) is 13.2. The van der Waals surface area contributed by atoms with Crippen molar-refractivity contribution in [3.8, 4) is 0 Å². The van der Waals surface area contributed by atoms with Crippen molar-refractivity contribution in [2.45, 2.75) is 13.8 Å². The molecule has 72 valence electrons. The molecular weight excluding hydrogens is 184 g/mol. The Hall–Kier alpha value is -1.03. The maximum atomic E-state index is 11.5. The molecule has 0 unspecified atom stereocenters. The van der Waals surface area contributed by atoms with Gasteiger partial charge in [-0.1, -0.05) is 0 Å². The van der Waals surface area contributed by atoms with E-state index in [1.807, 2.05) is 30.7 Å². The van der Waals surface area contributed by atoms with Gasteiger partial charge in [-0.3, -0.25) is 0 Å². The number of carbonyl (C=O) groups excluding carboxylic acids is 1. The molecule has 0 aliphatic heterocycles. The number of urea groups is 1. The second-order valence-electron chi connectivity index (χ2n) is 2.61. The summed E-state index contributed by atoms with van der Waals surface area (Å²) in [5.41, 5.74) is 0.877. The average molecular weight is 198 g/mol. The van der Waals surface area contributed by atoms with E-state index in [-0.39, 0.29) is 6.03 Å². The molecule has 0 bridgehead atoms. The normalized spacial score (nSPS) is 9.69. The van der Waals surface area contributed by atoms with Crippen molar-refractivity contribution in [2.75, 3.05) is 18.4 Å². The zero-order chi connectivity index (χ0) is 9.68. The quantitative estimate of drug-likeness (QED) is 0.795. The van der Waals surface area contributed by atoms with E-state index in [0.29, 0.717) is 0 Å². The van der Waals surface area contributed by atoms with Crippen LogP contribution >= 0.6 is 11.3 Å². The van der Waals surface area contributed by atoms with E-state index in [1.54, 1.807) is 16.2 Å². The third kappa shape index (κ3) is 2.73. The smallest absolute Gasteiger partial charge is 0.321 e. The number of hydrogen-bond donors (Lipinski definition) is 1. The third-order valence-electron chi connectivity index (χ3n) is 1.82. The first kappa shape index (κ1) is 10.1. The molecule has 0 fully saturated rings. The largest absolute Gasteiger partial charge is 0.325 e. The lowest BCUT2D eigenvalue weighted by atomic mass is 10.5. The van der Waals surface area contributed by atoms with Crippen LogP contribution in [0, 0.1) is 0 Å². The summed E-state index contributed by atoms with van der Waals surface area (Å²) in [5, 5.41) is 6.68. The maximum absolute atomic E-state index is 11.5. The first-order valence-corrected chi connectivity index (χ1v) is 5.30. The van der Waals surface area contributed by atoms with Crippen LogP contribution in [0.25, 0.3) is 0 Å². The SMILES string of the molecule is CCN(CC)C(=O)Nc1ccsc1. The van der Waals surface area contributed by atoms with Crippen molar-refractivity contribution in [2.24, 2.45) is 0 Å². The van der Waals surface area contributed by atoms with Gasteiger partial charge in [-0.25, -0.2) is 4.79 Å². The van der Waals surface area contributed by atoms with Crippen molar-refractivity contribution in [1.29, 1.82) is 0 Å². The van der Waals surface area contributed by atoms with Crippen molar-refractivity contribution >= 4 is 23.1 Å². The molecule has 0 atom stereocenters. The van der Waals surface area contributed by atoms with E-state index in [9.17, 15) is 4.79 Å². The lowest BCUT2D eigenvalue weighted by Gasteiger charge is -2.18. The van der Waals surface area contributed by atoms with Gasteiger partial charge in [0, 0.05) is 18.5 Å². The van der Waals surface area contributed by atoms with Crippen molar-refractivity contribution in [3.63, 3.8) is 0 Å². The molecule has 0 saturated carbocycles. The highest BCUT2D eigenvalue weighted by molar-refractivity contribution is 7.08. The second kappa shape index (κ2) is 4.87. The Bertz CT molecular complexity index is 255. The molecule has 4 heteroatoms. The molecular formula is C9H14N2OS. The molecule has 0 saturated heterocycles. The van der Waals surface area contributed by atoms with E-state index in [0.717, 1.165) is 18.8 Å². The number of rotatable bonds is 3. The van der Waals surface area contributed by atoms with Crippen LogP contribution in [0.2, 0.25) is 0 Å². The zero-order valence-electron chi connectivity index (χ0n) is 7.91. The van der Waals surface area contributed by atoms with Gasteiger partial charge >= 0.3 is 6.03 Å². The molecule has 0 aromatic carbocycles. The summed E-state index contributed by atoms with van der Waals surface area (Å²) in [6, 6.07) is 1.87. The van der Waals surface area contributed by atoms with Crippen LogP contribution in [0.3, 0.4) is 0 Å². The number of carbonyl (C=O) groups is 1. The number of thiophene rings is 1. The van der Waals surface area contributed by atoms with E-state index in [2.05, 4.69) is 5.32 Å². The van der Waals surface area contributed by atoms with Crippen LogP contribution in [-0.2, 0) is 0 Å². The molecule has 1 heterocycles. The van der Waals surface area contributed by atoms with Gasteiger partial charge in [-0.05, 0) is 25.3 Å². The monoisotopic (exact) mass is 198 g/mol. The molecule has 0 spiro atoms.